The summed E-state index contributed by atoms with van der Waals surface area (Å²) in [6.45, 7) is 2.68. The summed E-state index contributed by atoms with van der Waals surface area (Å²) in [7, 11) is 0. The van der Waals surface area contributed by atoms with Crippen LogP contribution in [-0.2, 0) is 4.74 Å². The molecule has 0 bridgehead atoms. The highest BCUT2D eigenvalue weighted by Gasteiger charge is 2.19. The summed E-state index contributed by atoms with van der Waals surface area (Å²) in [4.78, 5) is 0. The van der Waals surface area contributed by atoms with E-state index < -0.39 is 6.69 Å². The number of halogens is 2. The Balaban J connectivity index is 3.15. The van der Waals surface area contributed by atoms with Crippen molar-refractivity contribution in [1.29, 1.82) is 0 Å². The molecule has 0 spiro atoms. The van der Waals surface area contributed by atoms with Crippen LogP contribution in [0.4, 0.5) is 0 Å². The van der Waals surface area contributed by atoms with E-state index in [1.165, 1.54) is 0 Å². The minimum absolute atomic E-state index is 0.715. The van der Waals surface area contributed by atoms with Crippen LogP contribution in [0.5, 0.6) is 0 Å². The van der Waals surface area contributed by atoms with Crippen LogP contribution in [0.1, 0.15) is 13.3 Å². The molecule has 1 nitrogen and oxygen atoms in total. The van der Waals surface area contributed by atoms with Crippen molar-refractivity contribution >= 4 is 28.9 Å². The molecule has 0 amide bonds. The number of hydrogen-bond donors (Lipinski definition) is 0. The molecule has 0 saturated heterocycles. The third-order valence-corrected chi connectivity index (χ3v) is 3.48. The Bertz CT molecular complexity index is 120. The molecule has 4 heteroatoms. The third kappa shape index (κ3) is 10.3. The molecule has 0 unspecified atom stereocenters. The van der Waals surface area contributed by atoms with Gasteiger partial charge in [-0.1, -0.05) is 6.08 Å². The van der Waals surface area contributed by atoms with E-state index in [1.807, 2.05) is 19.5 Å². The maximum Gasteiger partial charge on any atom is 0.248 e. The monoisotopic (exact) mass is 212 g/mol. The third-order valence-electron chi connectivity index (χ3n) is 1.11. The molecule has 0 N–H and O–H groups in total. The van der Waals surface area contributed by atoms with Crippen molar-refractivity contribution in [1.82, 2.24) is 0 Å². The van der Waals surface area contributed by atoms with Gasteiger partial charge in [-0.3, -0.25) is 0 Å². The van der Waals surface area contributed by atoms with Crippen molar-refractivity contribution in [3.8, 4) is 0 Å². The summed E-state index contributed by atoms with van der Waals surface area (Å²) in [6, 6.07) is 0.896. The molecule has 0 aliphatic rings. The molecule has 0 rings (SSSR count). The highest BCUT2D eigenvalue weighted by atomic mass is 35.7. The summed E-state index contributed by atoms with van der Waals surface area (Å²) in [5.74, 6) is 0. The van der Waals surface area contributed by atoms with E-state index in [1.54, 1.807) is 6.26 Å². The first-order valence-corrected chi connectivity index (χ1v) is 8.40. The number of hydrogen-bond acceptors (Lipinski definition) is 1. The van der Waals surface area contributed by atoms with Gasteiger partial charge in [-0.05, 0) is 25.9 Å². The Morgan fingerprint density at radius 1 is 1.45 bits per heavy atom. The Morgan fingerprint density at radius 3 is 2.55 bits per heavy atom. The molecule has 66 valence electrons. The molecule has 0 aromatic heterocycles. The van der Waals surface area contributed by atoms with Crippen LogP contribution in [0.15, 0.2) is 12.3 Å². The van der Waals surface area contributed by atoms with Gasteiger partial charge in [0.25, 0.3) is 0 Å². The van der Waals surface area contributed by atoms with Gasteiger partial charge in [0.2, 0.25) is 6.69 Å². The van der Waals surface area contributed by atoms with Crippen molar-refractivity contribution in [2.45, 2.75) is 25.9 Å². The fourth-order valence-electron chi connectivity index (χ4n) is 0.630. The van der Waals surface area contributed by atoms with E-state index >= 15 is 0 Å². The zero-order valence-corrected chi connectivity index (χ0v) is 9.45. The maximum absolute atomic E-state index is 5.88. The second-order valence-corrected chi connectivity index (χ2v) is 10.7. The summed E-state index contributed by atoms with van der Waals surface area (Å²) in [5.41, 5.74) is 0. The van der Waals surface area contributed by atoms with Crippen molar-refractivity contribution in [2.75, 3.05) is 6.61 Å². The smallest absolute Gasteiger partial charge is 0.248 e. The second kappa shape index (κ2) is 5.92. The van der Waals surface area contributed by atoms with E-state index in [0.717, 1.165) is 12.5 Å². The molecule has 0 aromatic rings. The molecule has 0 aliphatic heterocycles. The predicted octanol–water partition coefficient (Wildman–Crippen LogP) is 3.48. The fraction of sp³-hybridized carbons (Fsp3) is 0.714. The van der Waals surface area contributed by atoms with E-state index in [2.05, 4.69) is 0 Å². The van der Waals surface area contributed by atoms with Gasteiger partial charge in [0.15, 0.2) is 0 Å². The summed E-state index contributed by atoms with van der Waals surface area (Å²) >= 11 is 11.8. The lowest BCUT2D eigenvalue weighted by molar-refractivity contribution is 0.249. The first kappa shape index (κ1) is 11.3. The standard InChI is InChI=1S/C7H14Cl2OSi/c1-3-5-10-6-4-7-11(2,8)9/h3,5H,4,6-7H2,1-2H3. The normalized spacial score (nSPS) is 12.4. The minimum Gasteiger partial charge on any atom is -0.502 e. The van der Waals surface area contributed by atoms with Crippen LogP contribution in [0.25, 0.3) is 0 Å². The summed E-state index contributed by atoms with van der Waals surface area (Å²) in [6.07, 6.45) is 4.49. The van der Waals surface area contributed by atoms with Crippen molar-refractivity contribution < 1.29 is 4.74 Å². The summed E-state index contributed by atoms with van der Waals surface area (Å²) < 4.78 is 5.10. The van der Waals surface area contributed by atoms with Gasteiger partial charge in [0.05, 0.1) is 12.9 Å². The van der Waals surface area contributed by atoms with Gasteiger partial charge in [-0.2, -0.15) is 0 Å². The molecule has 11 heavy (non-hydrogen) atoms. The van der Waals surface area contributed by atoms with Crippen LogP contribution in [0.3, 0.4) is 0 Å². The largest absolute Gasteiger partial charge is 0.502 e. The van der Waals surface area contributed by atoms with Crippen LogP contribution >= 0.6 is 22.2 Å². The maximum atomic E-state index is 5.88. The van der Waals surface area contributed by atoms with E-state index in [0.29, 0.717) is 6.61 Å². The lowest BCUT2D eigenvalue weighted by Crippen LogP contribution is -2.12. The quantitative estimate of drug-likeness (QED) is 0.294. The molecule has 0 fully saturated rings. The second-order valence-electron chi connectivity index (χ2n) is 2.51. The van der Waals surface area contributed by atoms with Crippen LogP contribution in [-0.4, -0.2) is 13.3 Å². The lowest BCUT2D eigenvalue weighted by atomic mass is 10.5. The van der Waals surface area contributed by atoms with E-state index in [-0.39, 0.29) is 0 Å². The molecule has 0 atom stereocenters. The van der Waals surface area contributed by atoms with Gasteiger partial charge in [0, 0.05) is 0 Å². The number of rotatable bonds is 5. The van der Waals surface area contributed by atoms with Crippen molar-refractivity contribution in [3.63, 3.8) is 0 Å². The zero-order chi connectivity index (χ0) is 8.74. The van der Waals surface area contributed by atoms with Gasteiger partial charge < -0.3 is 4.74 Å². The van der Waals surface area contributed by atoms with Crippen molar-refractivity contribution in [3.05, 3.63) is 12.3 Å². The minimum atomic E-state index is -1.88. The van der Waals surface area contributed by atoms with Gasteiger partial charge >= 0.3 is 0 Å². The molecule has 0 aromatic carbocycles. The zero-order valence-electron chi connectivity index (χ0n) is 6.94. The van der Waals surface area contributed by atoms with Gasteiger partial charge in [0.1, 0.15) is 0 Å². The van der Waals surface area contributed by atoms with Crippen molar-refractivity contribution in [2.24, 2.45) is 0 Å². The average Bonchev–Trinajstić information content (AvgIpc) is 1.85. The molecule has 0 heterocycles. The molecule has 0 saturated carbocycles. The number of allylic oxidation sites excluding steroid dienone is 1. The number of ether oxygens (including phenoxy) is 1. The highest BCUT2D eigenvalue weighted by Crippen LogP contribution is 2.21. The highest BCUT2D eigenvalue weighted by molar-refractivity contribution is 7.44. The van der Waals surface area contributed by atoms with Gasteiger partial charge in [-0.25, -0.2) is 0 Å². The average molecular weight is 213 g/mol. The van der Waals surface area contributed by atoms with Crippen LogP contribution in [0, 0.1) is 0 Å². The van der Waals surface area contributed by atoms with Gasteiger partial charge in [-0.15, -0.1) is 22.2 Å². The van der Waals surface area contributed by atoms with Crippen LogP contribution < -0.4 is 0 Å². The molecular formula is C7H14Cl2OSi. The predicted molar refractivity (Wildman–Crippen MR) is 53.5 cm³/mol. The Labute approximate surface area is 78.8 Å². The first-order valence-electron chi connectivity index (χ1n) is 3.67. The fourth-order valence-corrected chi connectivity index (χ4v) is 2.20. The van der Waals surface area contributed by atoms with E-state index in [4.69, 9.17) is 26.9 Å². The Morgan fingerprint density at radius 2 is 2.09 bits per heavy atom. The van der Waals surface area contributed by atoms with Crippen LogP contribution in [0.2, 0.25) is 12.6 Å². The lowest BCUT2D eigenvalue weighted by Gasteiger charge is -2.08. The molecular weight excluding hydrogens is 199 g/mol. The molecule has 0 aliphatic carbocycles. The Hall–Kier alpha value is 0.337. The first-order chi connectivity index (χ1) is 5.06. The van der Waals surface area contributed by atoms with E-state index in [9.17, 15) is 0 Å². The molecule has 0 radical (unpaired) electrons. The summed E-state index contributed by atoms with van der Waals surface area (Å²) in [5, 5.41) is 0. The SMILES string of the molecule is CC=COCCC[Si](C)(Cl)Cl. The topological polar surface area (TPSA) is 9.23 Å². The Kier molecular flexibility index (Phi) is 6.10.